The van der Waals surface area contributed by atoms with Crippen LogP contribution >= 0.6 is 0 Å². The number of amides is 1. The number of hydrogen-bond acceptors (Lipinski definition) is 12. The zero-order valence-electron chi connectivity index (χ0n) is 31.2. The molecule has 2 aromatic carbocycles. The minimum absolute atomic E-state index is 0.0321. The molecule has 1 aliphatic carbocycles. The molecule has 3 aromatic heterocycles. The van der Waals surface area contributed by atoms with Gasteiger partial charge in [-0.1, -0.05) is 38.3 Å². The molecule has 5 heterocycles. The number of anilines is 4. The number of nitrogens with zero attached hydrogens (tertiary/aromatic N) is 9. The number of carbonyl (C=O) groups is 1. The van der Waals surface area contributed by atoms with Crippen molar-refractivity contribution in [3.05, 3.63) is 76.4 Å². The Morgan fingerprint density at radius 2 is 1.85 bits per heavy atom. The third-order valence-electron chi connectivity index (χ3n) is 11.1. The molecule has 3 N–H and O–H groups in total. The molecule has 15 heteroatoms. The van der Waals surface area contributed by atoms with E-state index in [-0.39, 0.29) is 17.5 Å². The lowest BCUT2D eigenvalue weighted by Gasteiger charge is -2.39. The van der Waals surface area contributed by atoms with E-state index in [0.29, 0.717) is 53.9 Å². The van der Waals surface area contributed by atoms with Crippen LogP contribution in [0.15, 0.2) is 53.6 Å². The molecule has 0 spiro atoms. The maximum Gasteiger partial charge on any atom is 0.274 e. The summed E-state index contributed by atoms with van der Waals surface area (Å²) >= 11 is 0. The van der Waals surface area contributed by atoms with E-state index in [4.69, 9.17) is 14.7 Å². The van der Waals surface area contributed by atoms with Gasteiger partial charge in [0.15, 0.2) is 11.6 Å². The van der Waals surface area contributed by atoms with Crippen molar-refractivity contribution in [3.63, 3.8) is 0 Å². The molecule has 282 valence electrons. The molecule has 0 bridgehead atoms. The van der Waals surface area contributed by atoms with E-state index in [0.717, 1.165) is 66.8 Å². The van der Waals surface area contributed by atoms with Crippen molar-refractivity contribution in [1.82, 2.24) is 44.7 Å². The fourth-order valence-electron chi connectivity index (χ4n) is 8.29. The van der Waals surface area contributed by atoms with E-state index in [9.17, 15) is 9.59 Å². The van der Waals surface area contributed by atoms with Crippen molar-refractivity contribution in [1.29, 1.82) is 0 Å². The molecular formula is C39H48N12O3. The van der Waals surface area contributed by atoms with Crippen LogP contribution in [0.5, 0.6) is 5.75 Å². The predicted molar refractivity (Wildman–Crippen MR) is 208 cm³/mol. The number of rotatable bonds is 11. The Morgan fingerprint density at radius 1 is 1.02 bits per heavy atom. The fourth-order valence-corrected chi connectivity index (χ4v) is 8.29. The Bertz CT molecular complexity index is 2180. The SMILES string of the molecule is CC[C@@H]1c2nnc(C)n2-c2cnc(Nc3ccc(C(=O)N4CCN(CCNc5cccc6cn[nH]c(=O)c56)CC4)cc3OC)nc2N1CC1CCCCC1. The van der Waals surface area contributed by atoms with Gasteiger partial charge in [0.1, 0.15) is 17.3 Å². The van der Waals surface area contributed by atoms with Crippen molar-refractivity contribution in [2.24, 2.45) is 5.92 Å². The number of hydrogen-bond donors (Lipinski definition) is 3. The van der Waals surface area contributed by atoms with Crippen LogP contribution in [0.2, 0.25) is 0 Å². The van der Waals surface area contributed by atoms with Gasteiger partial charge >= 0.3 is 0 Å². The normalized spacial score (nSPS) is 17.6. The number of ether oxygens (including phenoxy) is 1. The molecule has 0 radical (unpaired) electrons. The number of piperazine rings is 1. The van der Waals surface area contributed by atoms with Gasteiger partial charge in [0.25, 0.3) is 11.5 Å². The largest absolute Gasteiger partial charge is 0.495 e. The molecule has 2 aliphatic heterocycles. The number of carbonyl (C=O) groups excluding carboxylic acids is 1. The van der Waals surface area contributed by atoms with Crippen molar-refractivity contribution in [2.75, 3.05) is 68.5 Å². The van der Waals surface area contributed by atoms with Crippen LogP contribution < -0.4 is 25.8 Å². The van der Waals surface area contributed by atoms with E-state index in [1.807, 2.05) is 48.4 Å². The number of aromatic nitrogens is 7. The van der Waals surface area contributed by atoms with E-state index in [2.05, 4.69) is 52.3 Å². The van der Waals surface area contributed by atoms with Gasteiger partial charge < -0.3 is 25.2 Å². The van der Waals surface area contributed by atoms with Crippen molar-refractivity contribution < 1.29 is 9.53 Å². The van der Waals surface area contributed by atoms with Gasteiger partial charge in [-0.05, 0) is 56.4 Å². The molecule has 1 saturated heterocycles. The summed E-state index contributed by atoms with van der Waals surface area (Å²) < 4.78 is 7.88. The lowest BCUT2D eigenvalue weighted by atomic mass is 9.88. The number of methoxy groups -OCH3 is 1. The van der Waals surface area contributed by atoms with Crippen LogP contribution in [0.1, 0.15) is 73.5 Å². The van der Waals surface area contributed by atoms with Gasteiger partial charge in [-0.2, -0.15) is 10.1 Å². The second-order valence-corrected chi connectivity index (χ2v) is 14.5. The summed E-state index contributed by atoms with van der Waals surface area (Å²) in [6.07, 6.45) is 10.7. The van der Waals surface area contributed by atoms with Crippen LogP contribution in [-0.4, -0.2) is 104 Å². The Balaban J connectivity index is 0.927. The molecule has 54 heavy (non-hydrogen) atoms. The molecule has 1 saturated carbocycles. The van der Waals surface area contributed by atoms with Gasteiger partial charge in [-0.15, -0.1) is 10.2 Å². The number of aryl methyl sites for hydroxylation is 1. The highest BCUT2D eigenvalue weighted by Crippen LogP contribution is 2.41. The first-order valence-electron chi connectivity index (χ1n) is 19.1. The topological polar surface area (TPSA) is 162 Å². The standard InChI is InChI=1S/C39H48N12O3/c1-4-31-36-46-45-25(2)51(36)32-23-41-39(44-35(32)50(31)24-26-9-6-5-7-10-26)43-29-14-13-27(21-33(29)54-3)38(53)49-19-17-48(18-20-49)16-15-40-30-12-8-11-28-22-42-47-37(52)34(28)30/h8,11-14,21-23,26,31,40H,4-7,9-10,15-20,24H2,1-3H3,(H,47,52)(H,41,43,44)/t31-/m1/s1. The minimum atomic E-state index is -0.209. The first-order chi connectivity index (χ1) is 26.4. The number of aromatic amines is 1. The summed E-state index contributed by atoms with van der Waals surface area (Å²) in [7, 11) is 1.61. The van der Waals surface area contributed by atoms with Gasteiger partial charge in [-0.3, -0.25) is 19.1 Å². The number of benzene rings is 2. The molecule has 15 nitrogen and oxygen atoms in total. The van der Waals surface area contributed by atoms with Crippen molar-refractivity contribution in [3.8, 4) is 11.4 Å². The Hall–Kier alpha value is -5.57. The molecule has 8 rings (SSSR count). The molecule has 1 atom stereocenters. The third kappa shape index (κ3) is 6.95. The minimum Gasteiger partial charge on any atom is -0.495 e. The van der Waals surface area contributed by atoms with Crippen LogP contribution in [0.3, 0.4) is 0 Å². The smallest absolute Gasteiger partial charge is 0.274 e. The summed E-state index contributed by atoms with van der Waals surface area (Å²) in [5, 5.41) is 23.6. The lowest BCUT2D eigenvalue weighted by Crippen LogP contribution is -2.49. The molecule has 1 amide bonds. The summed E-state index contributed by atoms with van der Waals surface area (Å²) in [4.78, 5) is 42.5. The van der Waals surface area contributed by atoms with E-state index >= 15 is 0 Å². The van der Waals surface area contributed by atoms with Crippen LogP contribution in [0.4, 0.5) is 23.1 Å². The molecule has 2 fully saturated rings. The third-order valence-corrected chi connectivity index (χ3v) is 11.1. The zero-order chi connectivity index (χ0) is 37.2. The second-order valence-electron chi connectivity index (χ2n) is 14.5. The van der Waals surface area contributed by atoms with Crippen LogP contribution in [-0.2, 0) is 0 Å². The van der Waals surface area contributed by atoms with Gasteiger partial charge in [-0.25, -0.2) is 10.1 Å². The number of H-pyrrole nitrogens is 1. The van der Waals surface area contributed by atoms with Crippen molar-refractivity contribution >= 4 is 39.8 Å². The number of fused-ring (bicyclic) bond motifs is 4. The summed E-state index contributed by atoms with van der Waals surface area (Å²) in [5.41, 5.74) is 2.71. The maximum atomic E-state index is 13.7. The summed E-state index contributed by atoms with van der Waals surface area (Å²) in [5.74, 6) is 4.21. The van der Waals surface area contributed by atoms with E-state index in [1.54, 1.807) is 19.4 Å². The average molecular weight is 733 g/mol. The van der Waals surface area contributed by atoms with E-state index in [1.165, 1.54) is 32.1 Å². The predicted octanol–water partition coefficient (Wildman–Crippen LogP) is 5.08. The Labute approximate surface area is 314 Å². The second kappa shape index (κ2) is 15.4. The van der Waals surface area contributed by atoms with Crippen LogP contribution in [0.25, 0.3) is 16.5 Å². The highest BCUT2D eigenvalue weighted by molar-refractivity contribution is 5.95. The first kappa shape index (κ1) is 35.5. The summed E-state index contributed by atoms with van der Waals surface area (Å²) in [6.45, 7) is 9.30. The molecule has 5 aromatic rings. The van der Waals surface area contributed by atoms with Crippen LogP contribution in [0, 0.1) is 12.8 Å². The van der Waals surface area contributed by atoms with Gasteiger partial charge in [0, 0.05) is 62.5 Å². The van der Waals surface area contributed by atoms with Crippen molar-refractivity contribution in [2.45, 2.75) is 58.4 Å². The maximum absolute atomic E-state index is 13.7. The quantitative estimate of drug-likeness (QED) is 0.166. The highest BCUT2D eigenvalue weighted by atomic mass is 16.5. The number of nitrogens with one attached hydrogen (secondary N) is 3. The molecular weight excluding hydrogens is 685 g/mol. The monoisotopic (exact) mass is 732 g/mol. The Kier molecular flexibility index (Phi) is 10.1. The fraction of sp³-hybridized carbons (Fsp3) is 0.462. The summed E-state index contributed by atoms with van der Waals surface area (Å²) in [6, 6.07) is 11.3. The zero-order valence-corrected chi connectivity index (χ0v) is 31.2. The first-order valence-corrected chi connectivity index (χ1v) is 19.1. The van der Waals surface area contributed by atoms with Gasteiger partial charge in [0.05, 0.1) is 36.6 Å². The molecule has 3 aliphatic rings. The Morgan fingerprint density at radius 3 is 2.65 bits per heavy atom. The average Bonchev–Trinajstić information content (AvgIpc) is 3.59. The highest BCUT2D eigenvalue weighted by Gasteiger charge is 2.36. The van der Waals surface area contributed by atoms with E-state index < -0.39 is 0 Å². The van der Waals surface area contributed by atoms with Gasteiger partial charge in [0.2, 0.25) is 5.95 Å². The lowest BCUT2D eigenvalue weighted by molar-refractivity contribution is 0.0641. The molecule has 0 unspecified atom stereocenters.